The first-order chi connectivity index (χ1) is 18.0. The number of carbonyl (C=O) groups excluding carboxylic acids is 3. The Bertz CT molecular complexity index is 1430. The second-order valence-electron chi connectivity index (χ2n) is 7.93. The van der Waals surface area contributed by atoms with E-state index in [0.29, 0.717) is 28.5 Å². The highest BCUT2D eigenvalue weighted by Gasteiger charge is 2.18. The van der Waals surface area contributed by atoms with Crippen LogP contribution in [0, 0.1) is 0 Å². The van der Waals surface area contributed by atoms with Crippen LogP contribution in [-0.2, 0) is 16.1 Å². The van der Waals surface area contributed by atoms with Crippen LogP contribution in [0.1, 0.15) is 33.5 Å². The number of aromatic nitrogens is 3. The maximum absolute atomic E-state index is 12.7. The summed E-state index contributed by atoms with van der Waals surface area (Å²) >= 11 is 0. The Balaban J connectivity index is 1.57. The van der Waals surface area contributed by atoms with Gasteiger partial charge in [-0.1, -0.05) is 36.9 Å². The van der Waals surface area contributed by atoms with Gasteiger partial charge in [0.05, 0.1) is 18.8 Å². The van der Waals surface area contributed by atoms with Crippen molar-refractivity contribution in [2.75, 3.05) is 17.2 Å². The third-order valence-electron chi connectivity index (χ3n) is 5.31. The summed E-state index contributed by atoms with van der Waals surface area (Å²) in [6.07, 6.45) is 2.75. The predicted octanol–water partition coefficient (Wildman–Crippen LogP) is 4.55. The van der Waals surface area contributed by atoms with Crippen molar-refractivity contribution < 1.29 is 19.1 Å². The molecule has 2 N–H and O–H groups in total. The van der Waals surface area contributed by atoms with Crippen molar-refractivity contribution in [1.29, 1.82) is 0 Å². The third-order valence-corrected chi connectivity index (χ3v) is 5.31. The van der Waals surface area contributed by atoms with Gasteiger partial charge in [0.2, 0.25) is 5.91 Å². The molecule has 0 atom stereocenters. The van der Waals surface area contributed by atoms with E-state index in [1.54, 1.807) is 84.5 Å². The highest BCUT2D eigenvalue weighted by atomic mass is 16.5. The number of pyridine rings is 1. The lowest BCUT2D eigenvalue weighted by Crippen LogP contribution is -2.14. The average Bonchev–Trinajstić information content (AvgIpc) is 3.33. The van der Waals surface area contributed by atoms with E-state index in [0.717, 1.165) is 11.1 Å². The molecule has 9 nitrogen and oxygen atoms in total. The molecule has 2 amide bonds. The summed E-state index contributed by atoms with van der Waals surface area (Å²) in [5.74, 6) is -1.12. The van der Waals surface area contributed by atoms with Gasteiger partial charge in [-0.05, 0) is 61.0 Å². The van der Waals surface area contributed by atoms with E-state index < -0.39 is 5.97 Å². The van der Waals surface area contributed by atoms with E-state index in [4.69, 9.17) is 4.74 Å². The maximum Gasteiger partial charge on any atom is 0.356 e. The summed E-state index contributed by atoms with van der Waals surface area (Å²) < 4.78 is 6.80. The molecule has 0 radical (unpaired) electrons. The van der Waals surface area contributed by atoms with Crippen LogP contribution in [0.25, 0.3) is 11.3 Å². The molecule has 2 aromatic carbocycles. The first kappa shape index (κ1) is 25.1. The van der Waals surface area contributed by atoms with E-state index in [1.165, 1.54) is 6.08 Å². The zero-order valence-electron chi connectivity index (χ0n) is 20.2. The quantitative estimate of drug-likeness (QED) is 0.260. The smallest absolute Gasteiger partial charge is 0.356 e. The molecule has 37 heavy (non-hydrogen) atoms. The minimum atomic E-state index is -0.489. The minimum absolute atomic E-state index is 0.229. The van der Waals surface area contributed by atoms with Crippen molar-refractivity contribution in [3.05, 3.63) is 109 Å². The van der Waals surface area contributed by atoms with Crippen molar-refractivity contribution >= 4 is 29.2 Å². The molecule has 4 rings (SSSR count). The summed E-state index contributed by atoms with van der Waals surface area (Å²) in [5, 5.41) is 10.2. The number of anilines is 2. The predicted molar refractivity (Wildman–Crippen MR) is 140 cm³/mol. The Labute approximate surface area is 213 Å². The normalized spacial score (nSPS) is 10.4. The lowest BCUT2D eigenvalue weighted by molar-refractivity contribution is -0.111. The van der Waals surface area contributed by atoms with Crippen LogP contribution in [0.5, 0.6) is 0 Å². The molecule has 0 bridgehead atoms. The van der Waals surface area contributed by atoms with Gasteiger partial charge in [0.1, 0.15) is 11.4 Å². The first-order valence-electron chi connectivity index (χ1n) is 11.6. The SMILES string of the molecule is C=CC(=O)Nc1cccc(Cn2nc(-c3ccc(NC(=O)c4ccccn4)cc3)cc2C(=O)OCC)c1. The van der Waals surface area contributed by atoms with Crippen LogP contribution in [0.2, 0.25) is 0 Å². The second kappa shape index (κ2) is 11.6. The van der Waals surface area contributed by atoms with Crippen LogP contribution in [0.15, 0.2) is 91.6 Å². The van der Waals surface area contributed by atoms with E-state index in [-0.39, 0.29) is 25.0 Å². The minimum Gasteiger partial charge on any atom is -0.461 e. The van der Waals surface area contributed by atoms with Gasteiger partial charge in [0.15, 0.2) is 0 Å². The summed E-state index contributed by atoms with van der Waals surface area (Å²) in [4.78, 5) is 40.7. The molecule has 0 saturated heterocycles. The molecule has 0 unspecified atom stereocenters. The van der Waals surface area contributed by atoms with Gasteiger partial charge in [-0.2, -0.15) is 5.10 Å². The fourth-order valence-electron chi connectivity index (χ4n) is 3.58. The Kier molecular flexibility index (Phi) is 7.85. The lowest BCUT2D eigenvalue weighted by Gasteiger charge is -2.09. The summed E-state index contributed by atoms with van der Waals surface area (Å²) in [6, 6.07) is 21.2. The number of rotatable bonds is 9. The number of benzene rings is 2. The number of ether oxygens (including phenoxy) is 1. The molecule has 0 aliphatic carbocycles. The number of hydrogen-bond donors (Lipinski definition) is 2. The van der Waals surface area contributed by atoms with Crippen LogP contribution < -0.4 is 10.6 Å². The van der Waals surface area contributed by atoms with Crippen molar-refractivity contribution in [3.8, 4) is 11.3 Å². The van der Waals surface area contributed by atoms with Crippen molar-refractivity contribution in [2.45, 2.75) is 13.5 Å². The molecule has 0 saturated carbocycles. The van der Waals surface area contributed by atoms with E-state index in [2.05, 4.69) is 27.3 Å². The Morgan fingerprint density at radius 1 is 0.973 bits per heavy atom. The summed E-state index contributed by atoms with van der Waals surface area (Å²) in [5.41, 5.74) is 3.98. The molecule has 9 heteroatoms. The molecule has 2 aromatic heterocycles. The van der Waals surface area contributed by atoms with Gasteiger partial charge in [-0.3, -0.25) is 19.3 Å². The summed E-state index contributed by atoms with van der Waals surface area (Å²) in [6.45, 7) is 5.71. The molecule has 0 aliphatic heterocycles. The molecular formula is C28H25N5O4. The molecule has 0 aliphatic rings. The first-order valence-corrected chi connectivity index (χ1v) is 11.6. The third kappa shape index (κ3) is 6.34. The molecule has 2 heterocycles. The fourth-order valence-corrected chi connectivity index (χ4v) is 3.58. The maximum atomic E-state index is 12.7. The molecular weight excluding hydrogens is 470 g/mol. The summed E-state index contributed by atoms with van der Waals surface area (Å²) in [7, 11) is 0. The zero-order valence-corrected chi connectivity index (χ0v) is 20.2. The van der Waals surface area contributed by atoms with Gasteiger partial charge >= 0.3 is 5.97 Å². The number of carbonyl (C=O) groups is 3. The van der Waals surface area contributed by atoms with Crippen LogP contribution in [0.3, 0.4) is 0 Å². The zero-order chi connectivity index (χ0) is 26.2. The van der Waals surface area contributed by atoms with Gasteiger partial charge in [-0.15, -0.1) is 0 Å². The van der Waals surface area contributed by atoms with E-state index >= 15 is 0 Å². The standard InChI is InChI=1S/C28H25N5O4/c1-3-26(34)30-22-9-7-8-19(16-22)18-33-25(28(36)37-4-2)17-24(32-33)20-11-13-21(14-12-20)31-27(35)23-10-5-6-15-29-23/h3,5-17H,1,4,18H2,2H3,(H,30,34)(H,31,35). The monoisotopic (exact) mass is 495 g/mol. The van der Waals surface area contributed by atoms with Gasteiger partial charge in [-0.25, -0.2) is 4.79 Å². The van der Waals surface area contributed by atoms with Gasteiger partial charge in [0, 0.05) is 23.1 Å². The van der Waals surface area contributed by atoms with Gasteiger partial charge in [0.25, 0.3) is 5.91 Å². The number of nitrogens with zero attached hydrogens (tertiary/aromatic N) is 3. The van der Waals surface area contributed by atoms with Crippen LogP contribution in [0.4, 0.5) is 11.4 Å². The van der Waals surface area contributed by atoms with E-state index in [1.807, 2.05) is 6.07 Å². The number of nitrogens with one attached hydrogen (secondary N) is 2. The van der Waals surface area contributed by atoms with E-state index in [9.17, 15) is 14.4 Å². The van der Waals surface area contributed by atoms with Crippen LogP contribution >= 0.6 is 0 Å². The lowest BCUT2D eigenvalue weighted by atomic mass is 10.1. The Hall–Kier alpha value is -5.05. The topological polar surface area (TPSA) is 115 Å². The number of hydrogen-bond acceptors (Lipinski definition) is 6. The molecule has 0 spiro atoms. The molecule has 4 aromatic rings. The fraction of sp³-hybridized carbons (Fsp3) is 0.107. The Morgan fingerprint density at radius 2 is 1.78 bits per heavy atom. The Morgan fingerprint density at radius 3 is 2.49 bits per heavy atom. The molecule has 186 valence electrons. The number of amides is 2. The molecule has 0 fully saturated rings. The van der Waals surface area contributed by atoms with Crippen molar-refractivity contribution in [3.63, 3.8) is 0 Å². The number of esters is 1. The van der Waals surface area contributed by atoms with Crippen LogP contribution in [-0.4, -0.2) is 39.2 Å². The highest BCUT2D eigenvalue weighted by Crippen LogP contribution is 2.23. The van der Waals surface area contributed by atoms with Crippen molar-refractivity contribution in [1.82, 2.24) is 14.8 Å². The largest absolute Gasteiger partial charge is 0.461 e. The average molecular weight is 496 g/mol. The highest BCUT2D eigenvalue weighted by molar-refractivity contribution is 6.03. The van der Waals surface area contributed by atoms with Gasteiger partial charge < -0.3 is 15.4 Å². The second-order valence-corrected chi connectivity index (χ2v) is 7.93. The van der Waals surface area contributed by atoms with Crippen molar-refractivity contribution in [2.24, 2.45) is 0 Å².